The SMILES string of the molecule is Cc1c(C(=O)NCCN2CCOCC2)oc2c1C(=O)C(=O)c1ccccc1-2. The summed E-state index contributed by atoms with van der Waals surface area (Å²) in [5, 5.41) is 2.83. The standard InChI is InChI=1S/C20H20N2O5/c1-12-15-17(24)16(23)13-4-2-3-5-14(13)19(15)27-18(12)20(25)21-6-7-22-8-10-26-11-9-22/h2-5H,6-11H2,1H3,(H,21,25). The number of Topliss-reactive ketones (excluding diaryl/α,β-unsaturated/α-hetero) is 2. The van der Waals surface area contributed by atoms with Crippen LogP contribution in [0.5, 0.6) is 0 Å². The summed E-state index contributed by atoms with van der Waals surface area (Å²) in [6.45, 7) is 5.91. The average molecular weight is 368 g/mol. The quantitative estimate of drug-likeness (QED) is 0.827. The van der Waals surface area contributed by atoms with Crippen LogP contribution in [0.4, 0.5) is 0 Å². The molecule has 1 aromatic carbocycles. The molecule has 1 saturated heterocycles. The number of nitrogens with one attached hydrogen (secondary N) is 1. The second-order valence-corrected chi connectivity index (χ2v) is 6.67. The first-order valence-corrected chi connectivity index (χ1v) is 8.98. The van der Waals surface area contributed by atoms with Gasteiger partial charge < -0.3 is 14.5 Å². The van der Waals surface area contributed by atoms with E-state index in [9.17, 15) is 14.4 Å². The predicted molar refractivity (Wildman–Crippen MR) is 97.1 cm³/mol. The zero-order valence-corrected chi connectivity index (χ0v) is 15.0. The van der Waals surface area contributed by atoms with Crippen LogP contribution < -0.4 is 5.32 Å². The smallest absolute Gasteiger partial charge is 0.287 e. The van der Waals surface area contributed by atoms with Crippen LogP contribution in [-0.4, -0.2) is 61.8 Å². The lowest BCUT2D eigenvalue weighted by Gasteiger charge is -2.26. The Kier molecular flexibility index (Phi) is 4.63. The lowest BCUT2D eigenvalue weighted by atomic mass is 9.87. The largest absolute Gasteiger partial charge is 0.450 e. The number of rotatable bonds is 4. The Morgan fingerprint density at radius 1 is 1.11 bits per heavy atom. The first-order valence-electron chi connectivity index (χ1n) is 8.98. The fourth-order valence-electron chi connectivity index (χ4n) is 3.54. The van der Waals surface area contributed by atoms with Gasteiger partial charge in [-0.05, 0) is 6.92 Å². The Morgan fingerprint density at radius 2 is 1.81 bits per heavy atom. The zero-order valence-electron chi connectivity index (χ0n) is 15.0. The number of amides is 1. The molecule has 1 fully saturated rings. The van der Waals surface area contributed by atoms with Crippen molar-refractivity contribution in [2.45, 2.75) is 6.92 Å². The molecule has 7 heteroatoms. The number of nitrogens with zero attached hydrogens (tertiary/aromatic N) is 1. The molecular weight excluding hydrogens is 348 g/mol. The molecule has 2 aromatic rings. The van der Waals surface area contributed by atoms with Crippen LogP contribution in [0, 0.1) is 6.92 Å². The van der Waals surface area contributed by atoms with Gasteiger partial charge in [0, 0.05) is 42.9 Å². The van der Waals surface area contributed by atoms with Gasteiger partial charge in [0.2, 0.25) is 11.6 Å². The number of ketones is 2. The molecule has 4 rings (SSSR count). The van der Waals surface area contributed by atoms with Crippen LogP contribution in [0.1, 0.15) is 36.8 Å². The molecule has 0 unspecified atom stereocenters. The Morgan fingerprint density at radius 3 is 2.56 bits per heavy atom. The summed E-state index contributed by atoms with van der Waals surface area (Å²) in [5.41, 5.74) is 1.45. The van der Waals surface area contributed by atoms with E-state index in [4.69, 9.17) is 9.15 Å². The number of morpholine rings is 1. The van der Waals surface area contributed by atoms with Gasteiger partial charge in [-0.3, -0.25) is 19.3 Å². The molecule has 1 N–H and O–H groups in total. The molecule has 2 heterocycles. The number of ether oxygens (including phenoxy) is 1. The highest BCUT2D eigenvalue weighted by molar-refractivity contribution is 6.53. The number of hydrogen-bond acceptors (Lipinski definition) is 6. The third-order valence-corrected chi connectivity index (χ3v) is 5.02. The molecule has 2 aliphatic rings. The van der Waals surface area contributed by atoms with Gasteiger partial charge in [-0.2, -0.15) is 0 Å². The van der Waals surface area contributed by atoms with Crippen molar-refractivity contribution in [2.24, 2.45) is 0 Å². The van der Waals surface area contributed by atoms with E-state index < -0.39 is 11.6 Å². The number of carbonyl (C=O) groups excluding carboxylic acids is 3. The maximum absolute atomic E-state index is 12.6. The molecule has 0 bridgehead atoms. The summed E-state index contributed by atoms with van der Waals surface area (Å²) >= 11 is 0. The highest BCUT2D eigenvalue weighted by Crippen LogP contribution is 2.38. The van der Waals surface area contributed by atoms with E-state index in [-0.39, 0.29) is 17.2 Å². The van der Waals surface area contributed by atoms with Gasteiger partial charge in [-0.25, -0.2) is 0 Å². The normalized spacial score (nSPS) is 16.8. The molecule has 140 valence electrons. The first-order chi connectivity index (χ1) is 13.1. The Balaban J connectivity index is 1.55. The minimum absolute atomic E-state index is 0.0832. The summed E-state index contributed by atoms with van der Waals surface area (Å²) in [5.74, 6) is -1.20. The first kappa shape index (κ1) is 17.6. The molecule has 1 aliphatic carbocycles. The van der Waals surface area contributed by atoms with Gasteiger partial charge in [0.15, 0.2) is 5.76 Å². The summed E-state index contributed by atoms with van der Waals surface area (Å²) in [7, 11) is 0. The van der Waals surface area contributed by atoms with Gasteiger partial charge in [0.05, 0.1) is 18.8 Å². The minimum atomic E-state index is -0.627. The summed E-state index contributed by atoms with van der Waals surface area (Å²) < 4.78 is 11.1. The molecule has 27 heavy (non-hydrogen) atoms. The molecule has 1 aliphatic heterocycles. The molecule has 7 nitrogen and oxygen atoms in total. The fraction of sp³-hybridized carbons (Fsp3) is 0.350. The van der Waals surface area contributed by atoms with Crippen molar-refractivity contribution >= 4 is 17.5 Å². The van der Waals surface area contributed by atoms with E-state index in [0.717, 1.165) is 19.6 Å². The lowest BCUT2D eigenvalue weighted by Crippen LogP contribution is -2.41. The second kappa shape index (κ2) is 7.09. The number of benzene rings is 1. The maximum atomic E-state index is 12.6. The fourth-order valence-corrected chi connectivity index (χ4v) is 3.54. The van der Waals surface area contributed by atoms with Crippen LogP contribution >= 0.6 is 0 Å². The number of furan rings is 1. The van der Waals surface area contributed by atoms with Crippen molar-refractivity contribution < 1.29 is 23.5 Å². The van der Waals surface area contributed by atoms with Gasteiger partial charge in [-0.15, -0.1) is 0 Å². The third kappa shape index (κ3) is 3.09. The van der Waals surface area contributed by atoms with Gasteiger partial charge in [0.1, 0.15) is 5.76 Å². The summed E-state index contributed by atoms with van der Waals surface area (Å²) in [4.78, 5) is 39.6. The molecular formula is C20H20N2O5. The van der Waals surface area contributed by atoms with E-state index in [1.54, 1.807) is 31.2 Å². The Bertz CT molecular complexity index is 924. The van der Waals surface area contributed by atoms with Crippen LogP contribution in [-0.2, 0) is 4.74 Å². The zero-order chi connectivity index (χ0) is 19.0. The van der Waals surface area contributed by atoms with E-state index in [1.807, 2.05) is 0 Å². The molecule has 0 radical (unpaired) electrons. The van der Waals surface area contributed by atoms with E-state index in [2.05, 4.69) is 10.2 Å². The van der Waals surface area contributed by atoms with Crippen molar-refractivity contribution in [3.63, 3.8) is 0 Å². The highest BCUT2D eigenvalue weighted by atomic mass is 16.5. The van der Waals surface area contributed by atoms with Crippen LogP contribution in [0.15, 0.2) is 28.7 Å². The monoisotopic (exact) mass is 368 g/mol. The van der Waals surface area contributed by atoms with Gasteiger partial charge in [-0.1, -0.05) is 24.3 Å². The average Bonchev–Trinajstić information content (AvgIpc) is 3.04. The summed E-state index contributed by atoms with van der Waals surface area (Å²) in [6, 6.07) is 6.79. The molecule has 1 amide bonds. The van der Waals surface area contributed by atoms with Crippen molar-refractivity contribution in [3.05, 3.63) is 46.7 Å². The van der Waals surface area contributed by atoms with Crippen LogP contribution in [0.2, 0.25) is 0 Å². The lowest BCUT2D eigenvalue weighted by molar-refractivity contribution is 0.0382. The molecule has 0 atom stereocenters. The van der Waals surface area contributed by atoms with E-state index in [1.165, 1.54) is 0 Å². The predicted octanol–water partition coefficient (Wildman–Crippen LogP) is 1.70. The number of hydrogen-bond donors (Lipinski definition) is 1. The maximum Gasteiger partial charge on any atom is 0.287 e. The van der Waals surface area contributed by atoms with Crippen LogP contribution in [0.25, 0.3) is 11.3 Å². The van der Waals surface area contributed by atoms with E-state index >= 15 is 0 Å². The molecule has 0 spiro atoms. The van der Waals surface area contributed by atoms with Crippen molar-refractivity contribution in [2.75, 3.05) is 39.4 Å². The topological polar surface area (TPSA) is 88.8 Å². The number of fused-ring (bicyclic) bond motifs is 3. The minimum Gasteiger partial charge on any atom is -0.450 e. The Hall–Kier alpha value is -2.77. The van der Waals surface area contributed by atoms with Crippen LogP contribution in [0.3, 0.4) is 0 Å². The second-order valence-electron chi connectivity index (χ2n) is 6.67. The van der Waals surface area contributed by atoms with Gasteiger partial charge in [0.25, 0.3) is 5.91 Å². The van der Waals surface area contributed by atoms with Crippen molar-refractivity contribution in [1.82, 2.24) is 10.2 Å². The molecule has 0 saturated carbocycles. The summed E-state index contributed by atoms with van der Waals surface area (Å²) in [6.07, 6.45) is 0. The third-order valence-electron chi connectivity index (χ3n) is 5.02. The van der Waals surface area contributed by atoms with Crippen molar-refractivity contribution in [3.8, 4) is 11.3 Å². The van der Waals surface area contributed by atoms with Gasteiger partial charge >= 0.3 is 0 Å². The Labute approximate surface area is 156 Å². The number of carbonyl (C=O) groups is 3. The molecule has 1 aromatic heterocycles. The van der Waals surface area contributed by atoms with E-state index in [0.29, 0.717) is 42.2 Å². The highest BCUT2D eigenvalue weighted by Gasteiger charge is 2.37. The van der Waals surface area contributed by atoms with Crippen molar-refractivity contribution in [1.29, 1.82) is 0 Å².